The van der Waals surface area contributed by atoms with E-state index in [1.165, 1.54) is 0 Å². The van der Waals surface area contributed by atoms with Crippen LogP contribution in [0.2, 0.25) is 0 Å². The number of hydrogen-bond donors (Lipinski definition) is 2. The molecule has 0 spiro atoms. The van der Waals surface area contributed by atoms with E-state index in [4.69, 9.17) is 0 Å². The van der Waals surface area contributed by atoms with Crippen LogP contribution in [0.15, 0.2) is 58.1 Å². The zero-order valence-electron chi connectivity index (χ0n) is 16.0. The van der Waals surface area contributed by atoms with Gasteiger partial charge in [0.1, 0.15) is 0 Å². The molecule has 142 valence electrons. The zero-order valence-corrected chi connectivity index (χ0v) is 17.6. The Morgan fingerprint density at radius 3 is 2.15 bits per heavy atom. The summed E-state index contributed by atoms with van der Waals surface area (Å²) in [5.41, 5.74) is 5.44. The van der Waals surface area contributed by atoms with E-state index in [0.29, 0.717) is 17.0 Å². The normalized spacial score (nSPS) is 11.8. The molecule has 0 aliphatic heterocycles. The third-order valence-electron chi connectivity index (χ3n) is 3.91. The number of rotatable bonds is 5. The number of carbonyl (C=O) groups is 2. The van der Waals surface area contributed by atoms with Crippen molar-refractivity contribution >= 4 is 39.1 Å². The molecular formula is C21H24BrN3O2. The number of nitrogens with zero attached hydrogens (tertiary/aromatic N) is 1. The Balaban J connectivity index is 1.89. The van der Waals surface area contributed by atoms with Crippen molar-refractivity contribution in [1.82, 2.24) is 5.43 Å². The molecule has 0 unspecified atom stereocenters. The van der Waals surface area contributed by atoms with E-state index in [0.717, 1.165) is 10.0 Å². The van der Waals surface area contributed by atoms with Gasteiger partial charge in [-0.25, -0.2) is 5.43 Å². The van der Waals surface area contributed by atoms with E-state index >= 15 is 0 Å². The van der Waals surface area contributed by atoms with Crippen molar-refractivity contribution in [1.29, 1.82) is 0 Å². The molecule has 5 nitrogen and oxygen atoms in total. The van der Waals surface area contributed by atoms with E-state index in [9.17, 15) is 9.59 Å². The Labute approximate surface area is 168 Å². The molecule has 0 fully saturated rings. The summed E-state index contributed by atoms with van der Waals surface area (Å²) in [4.78, 5) is 24.2. The van der Waals surface area contributed by atoms with Crippen molar-refractivity contribution in [2.45, 2.75) is 39.5 Å². The van der Waals surface area contributed by atoms with Gasteiger partial charge in [0.25, 0.3) is 5.91 Å². The maximum Gasteiger partial charge on any atom is 0.271 e. The average molecular weight is 430 g/mol. The van der Waals surface area contributed by atoms with Crippen LogP contribution in [-0.2, 0) is 10.2 Å². The molecule has 0 heterocycles. The Bertz CT molecular complexity index is 835. The number of amides is 2. The van der Waals surface area contributed by atoms with Gasteiger partial charge in [0.05, 0.1) is 6.42 Å². The number of benzene rings is 2. The van der Waals surface area contributed by atoms with E-state index in [1.54, 1.807) is 31.2 Å². The highest BCUT2D eigenvalue weighted by Gasteiger charge is 2.14. The SMILES string of the molecule is CC(CC(=O)Nc1ccc(Br)cc1)=NNC(=O)c1ccc(C(C)(C)C)cc1. The van der Waals surface area contributed by atoms with Crippen LogP contribution < -0.4 is 10.7 Å². The minimum atomic E-state index is -0.303. The number of carbonyl (C=O) groups excluding carboxylic acids is 2. The lowest BCUT2D eigenvalue weighted by Crippen LogP contribution is -2.21. The van der Waals surface area contributed by atoms with E-state index in [2.05, 4.69) is 52.5 Å². The largest absolute Gasteiger partial charge is 0.326 e. The minimum absolute atomic E-state index is 0.0337. The molecule has 2 aromatic rings. The molecule has 0 saturated carbocycles. The fraction of sp³-hybridized carbons (Fsp3) is 0.286. The molecule has 2 aromatic carbocycles. The van der Waals surface area contributed by atoms with Gasteiger partial charge >= 0.3 is 0 Å². The van der Waals surface area contributed by atoms with Crippen LogP contribution in [0.3, 0.4) is 0 Å². The smallest absolute Gasteiger partial charge is 0.271 e. The second-order valence-electron chi connectivity index (χ2n) is 7.35. The monoisotopic (exact) mass is 429 g/mol. The van der Waals surface area contributed by atoms with Crippen LogP contribution >= 0.6 is 15.9 Å². The Kier molecular flexibility index (Phi) is 6.91. The third kappa shape index (κ3) is 6.64. The Morgan fingerprint density at radius 2 is 1.59 bits per heavy atom. The number of anilines is 1. The van der Waals surface area contributed by atoms with E-state index < -0.39 is 0 Å². The summed E-state index contributed by atoms with van der Waals surface area (Å²) < 4.78 is 0.941. The first kappa shape index (κ1) is 20.8. The highest BCUT2D eigenvalue weighted by atomic mass is 79.9. The van der Waals surface area contributed by atoms with Crippen LogP contribution in [0.4, 0.5) is 5.69 Å². The average Bonchev–Trinajstić information content (AvgIpc) is 2.61. The van der Waals surface area contributed by atoms with Gasteiger partial charge < -0.3 is 5.32 Å². The molecular weight excluding hydrogens is 406 g/mol. The van der Waals surface area contributed by atoms with E-state index in [1.807, 2.05) is 24.3 Å². The van der Waals surface area contributed by atoms with Gasteiger partial charge in [0.15, 0.2) is 0 Å². The summed E-state index contributed by atoms with van der Waals surface area (Å²) in [5.74, 6) is -0.495. The second-order valence-corrected chi connectivity index (χ2v) is 8.26. The topological polar surface area (TPSA) is 70.6 Å². The fourth-order valence-electron chi connectivity index (χ4n) is 2.34. The molecule has 0 saturated heterocycles. The lowest BCUT2D eigenvalue weighted by molar-refractivity contribution is -0.115. The van der Waals surface area contributed by atoms with Crippen LogP contribution in [0, 0.1) is 0 Å². The summed E-state index contributed by atoms with van der Waals surface area (Å²) >= 11 is 3.35. The second kappa shape index (κ2) is 8.95. The highest BCUT2D eigenvalue weighted by Crippen LogP contribution is 2.22. The lowest BCUT2D eigenvalue weighted by atomic mass is 9.87. The third-order valence-corrected chi connectivity index (χ3v) is 4.43. The van der Waals surface area contributed by atoms with Gasteiger partial charge in [-0.1, -0.05) is 48.8 Å². The molecule has 2 amide bonds. The molecule has 27 heavy (non-hydrogen) atoms. The number of hydrogen-bond acceptors (Lipinski definition) is 3. The van der Waals surface area contributed by atoms with Crippen molar-refractivity contribution in [2.75, 3.05) is 5.32 Å². The van der Waals surface area contributed by atoms with Crippen molar-refractivity contribution in [3.05, 3.63) is 64.1 Å². The van der Waals surface area contributed by atoms with Crippen LogP contribution in [-0.4, -0.2) is 17.5 Å². The van der Waals surface area contributed by atoms with Crippen LogP contribution in [0.5, 0.6) is 0 Å². The van der Waals surface area contributed by atoms with Crippen molar-refractivity contribution in [3.63, 3.8) is 0 Å². The Morgan fingerprint density at radius 1 is 1.00 bits per heavy atom. The summed E-state index contributed by atoms with van der Waals surface area (Å²) in [6.07, 6.45) is 0.0965. The molecule has 2 N–H and O–H groups in total. The van der Waals surface area contributed by atoms with Gasteiger partial charge in [-0.3, -0.25) is 9.59 Å². The first-order valence-corrected chi connectivity index (χ1v) is 9.44. The van der Waals surface area contributed by atoms with Crippen molar-refractivity contribution in [2.24, 2.45) is 5.10 Å². The summed E-state index contributed by atoms with van der Waals surface area (Å²) in [7, 11) is 0. The van der Waals surface area contributed by atoms with Crippen molar-refractivity contribution in [3.8, 4) is 0 Å². The predicted octanol–water partition coefficient (Wildman–Crippen LogP) is 4.88. The molecule has 0 aromatic heterocycles. The van der Waals surface area contributed by atoms with Gasteiger partial charge in [-0.2, -0.15) is 5.10 Å². The fourth-order valence-corrected chi connectivity index (χ4v) is 2.61. The summed E-state index contributed by atoms with van der Waals surface area (Å²) in [5, 5.41) is 6.80. The minimum Gasteiger partial charge on any atom is -0.326 e. The van der Waals surface area contributed by atoms with Gasteiger partial charge in [0.2, 0.25) is 5.91 Å². The summed E-state index contributed by atoms with van der Waals surface area (Å²) in [6.45, 7) is 8.06. The van der Waals surface area contributed by atoms with Gasteiger partial charge in [-0.15, -0.1) is 0 Å². The predicted molar refractivity (Wildman–Crippen MR) is 113 cm³/mol. The first-order chi connectivity index (χ1) is 12.6. The van der Waals surface area contributed by atoms with E-state index in [-0.39, 0.29) is 23.7 Å². The zero-order chi connectivity index (χ0) is 20.0. The summed E-state index contributed by atoms with van der Waals surface area (Å²) in [6, 6.07) is 14.7. The highest BCUT2D eigenvalue weighted by molar-refractivity contribution is 9.10. The standard InChI is InChI=1S/C21H24BrN3O2/c1-14(13-19(26)23-18-11-9-17(22)10-12-18)24-25-20(27)15-5-7-16(8-6-15)21(2,3)4/h5-12H,13H2,1-4H3,(H,23,26)(H,25,27). The van der Waals surface area contributed by atoms with Crippen molar-refractivity contribution < 1.29 is 9.59 Å². The number of nitrogens with one attached hydrogen (secondary N) is 2. The Hall–Kier alpha value is -2.47. The molecule has 0 aliphatic carbocycles. The van der Waals surface area contributed by atoms with Gasteiger partial charge in [0, 0.05) is 21.4 Å². The van der Waals surface area contributed by atoms with Crippen LogP contribution in [0.1, 0.15) is 50.0 Å². The quantitative estimate of drug-likeness (QED) is 0.524. The van der Waals surface area contributed by atoms with Gasteiger partial charge in [-0.05, 0) is 54.3 Å². The molecule has 0 atom stereocenters. The molecule has 0 radical (unpaired) electrons. The number of halogens is 1. The molecule has 0 aliphatic rings. The lowest BCUT2D eigenvalue weighted by Gasteiger charge is -2.18. The maximum absolute atomic E-state index is 12.2. The maximum atomic E-state index is 12.2. The number of hydrazone groups is 1. The molecule has 2 rings (SSSR count). The van der Waals surface area contributed by atoms with Crippen LogP contribution in [0.25, 0.3) is 0 Å². The first-order valence-electron chi connectivity index (χ1n) is 8.64. The molecule has 6 heteroatoms. The molecule has 0 bridgehead atoms.